The van der Waals surface area contributed by atoms with Crippen molar-refractivity contribution in [2.45, 2.75) is 64.8 Å². The summed E-state index contributed by atoms with van der Waals surface area (Å²) < 4.78 is 0. The van der Waals surface area contributed by atoms with E-state index in [-0.39, 0.29) is 23.8 Å². The number of aryl methyl sites for hydroxylation is 1. The highest BCUT2D eigenvalue weighted by atomic mass is 16.2. The highest BCUT2D eigenvalue weighted by molar-refractivity contribution is 5.93. The van der Waals surface area contributed by atoms with Crippen molar-refractivity contribution in [1.82, 2.24) is 10.2 Å². The van der Waals surface area contributed by atoms with Crippen molar-refractivity contribution in [2.24, 2.45) is 5.92 Å². The van der Waals surface area contributed by atoms with Crippen molar-refractivity contribution in [3.8, 4) is 0 Å². The van der Waals surface area contributed by atoms with Gasteiger partial charge in [-0.25, -0.2) is 0 Å². The van der Waals surface area contributed by atoms with Crippen LogP contribution >= 0.6 is 0 Å². The zero-order valence-corrected chi connectivity index (χ0v) is 16.7. The van der Waals surface area contributed by atoms with Crippen LogP contribution in [0.1, 0.15) is 56.1 Å². The van der Waals surface area contributed by atoms with Crippen LogP contribution in [-0.2, 0) is 9.59 Å². The van der Waals surface area contributed by atoms with Crippen LogP contribution in [0.2, 0.25) is 0 Å². The Morgan fingerprint density at radius 1 is 1.04 bits per heavy atom. The van der Waals surface area contributed by atoms with E-state index < -0.39 is 0 Å². The molecule has 1 aromatic carbocycles. The summed E-state index contributed by atoms with van der Waals surface area (Å²) in [5.41, 5.74) is 3.20. The molecule has 1 heterocycles. The number of rotatable bonds is 5. The van der Waals surface area contributed by atoms with Crippen LogP contribution in [0.15, 0.2) is 18.2 Å². The third-order valence-electron chi connectivity index (χ3n) is 6.16. The Bertz CT molecular complexity index is 660. The largest absolute Gasteiger partial charge is 0.353 e. The Morgan fingerprint density at radius 2 is 1.74 bits per heavy atom. The summed E-state index contributed by atoms with van der Waals surface area (Å²) in [5.74, 6) is 0.509. The van der Waals surface area contributed by atoms with Gasteiger partial charge >= 0.3 is 0 Å². The monoisotopic (exact) mass is 371 g/mol. The first kappa shape index (κ1) is 19.9. The molecule has 2 amide bonds. The van der Waals surface area contributed by atoms with E-state index in [4.69, 9.17) is 0 Å². The van der Waals surface area contributed by atoms with E-state index in [9.17, 15) is 9.59 Å². The normalized spacial score (nSPS) is 19.6. The molecule has 5 heteroatoms. The van der Waals surface area contributed by atoms with Crippen LogP contribution in [-0.4, -0.2) is 42.4 Å². The molecule has 148 valence electrons. The first-order valence-electron chi connectivity index (χ1n) is 10.4. The van der Waals surface area contributed by atoms with E-state index in [0.717, 1.165) is 50.0 Å². The van der Waals surface area contributed by atoms with Gasteiger partial charge in [-0.15, -0.1) is 0 Å². The average molecular weight is 372 g/mol. The molecule has 0 aromatic heterocycles. The molecule has 1 aliphatic heterocycles. The van der Waals surface area contributed by atoms with Crippen LogP contribution in [0, 0.1) is 19.8 Å². The summed E-state index contributed by atoms with van der Waals surface area (Å²) in [5, 5.41) is 6.28. The number of amides is 2. The molecule has 5 nitrogen and oxygen atoms in total. The molecule has 0 bridgehead atoms. The van der Waals surface area contributed by atoms with Gasteiger partial charge in [0.1, 0.15) is 0 Å². The lowest BCUT2D eigenvalue weighted by atomic mass is 9.88. The first-order chi connectivity index (χ1) is 13.0. The number of nitrogens with zero attached hydrogens (tertiary/aromatic N) is 1. The Balaban J connectivity index is 1.40. The van der Waals surface area contributed by atoms with E-state index in [1.807, 2.05) is 19.1 Å². The van der Waals surface area contributed by atoms with Crippen LogP contribution in [0.3, 0.4) is 0 Å². The topological polar surface area (TPSA) is 61.4 Å². The molecule has 1 aromatic rings. The molecule has 3 rings (SSSR count). The second-order valence-electron chi connectivity index (χ2n) is 8.19. The van der Waals surface area contributed by atoms with Gasteiger partial charge in [0.2, 0.25) is 11.8 Å². The number of nitrogens with one attached hydrogen (secondary N) is 2. The quantitative estimate of drug-likeness (QED) is 0.834. The standard InChI is InChI=1S/C22H33N3O2/c1-16-7-6-10-20(17(16)2)24-21(26)15-25-13-11-19(12-14-25)23-22(27)18-8-4-3-5-9-18/h6-7,10,18-19H,3-5,8-9,11-15H2,1-2H3,(H,23,27)(H,24,26). The Morgan fingerprint density at radius 3 is 2.44 bits per heavy atom. The number of hydrogen-bond acceptors (Lipinski definition) is 3. The lowest BCUT2D eigenvalue weighted by molar-refractivity contribution is -0.127. The highest BCUT2D eigenvalue weighted by Gasteiger charge is 2.26. The molecule has 1 aliphatic carbocycles. The van der Waals surface area contributed by atoms with E-state index in [0.29, 0.717) is 6.54 Å². The Labute approximate surface area is 162 Å². The van der Waals surface area contributed by atoms with Crippen molar-refractivity contribution in [3.05, 3.63) is 29.3 Å². The fourth-order valence-corrected chi connectivity index (χ4v) is 4.20. The molecule has 27 heavy (non-hydrogen) atoms. The maximum absolute atomic E-state index is 12.4. The summed E-state index contributed by atoms with van der Waals surface area (Å²) in [7, 11) is 0. The zero-order valence-electron chi connectivity index (χ0n) is 16.7. The van der Waals surface area contributed by atoms with Gasteiger partial charge in [0.25, 0.3) is 0 Å². The summed E-state index contributed by atoms with van der Waals surface area (Å²) in [6.07, 6.45) is 7.58. The third-order valence-corrected chi connectivity index (χ3v) is 6.16. The van der Waals surface area contributed by atoms with Crippen LogP contribution in [0.4, 0.5) is 5.69 Å². The van der Waals surface area contributed by atoms with Gasteiger partial charge in [-0.3, -0.25) is 14.5 Å². The summed E-state index contributed by atoms with van der Waals surface area (Å²) in [4.78, 5) is 27.0. The lowest BCUT2D eigenvalue weighted by Gasteiger charge is -2.33. The molecule has 0 spiro atoms. The van der Waals surface area contributed by atoms with Gasteiger partial charge in [-0.2, -0.15) is 0 Å². The predicted octanol–water partition coefficient (Wildman–Crippen LogP) is 3.40. The van der Waals surface area contributed by atoms with Crippen molar-refractivity contribution in [1.29, 1.82) is 0 Å². The molecule has 0 radical (unpaired) electrons. The number of benzene rings is 1. The minimum Gasteiger partial charge on any atom is -0.353 e. The van der Waals surface area contributed by atoms with Crippen LogP contribution < -0.4 is 10.6 Å². The summed E-state index contributed by atoms with van der Waals surface area (Å²) in [6.45, 7) is 6.21. The minimum absolute atomic E-state index is 0.0355. The number of likely N-dealkylation sites (tertiary alicyclic amines) is 1. The molecule has 0 unspecified atom stereocenters. The molecule has 2 fully saturated rings. The van der Waals surface area contributed by atoms with E-state index in [1.54, 1.807) is 0 Å². The van der Waals surface area contributed by atoms with E-state index in [1.165, 1.54) is 24.8 Å². The van der Waals surface area contributed by atoms with Gasteiger partial charge in [0.15, 0.2) is 0 Å². The van der Waals surface area contributed by atoms with Crippen LogP contribution in [0.25, 0.3) is 0 Å². The highest BCUT2D eigenvalue weighted by Crippen LogP contribution is 2.24. The fourth-order valence-electron chi connectivity index (χ4n) is 4.20. The van der Waals surface area contributed by atoms with Crippen molar-refractivity contribution >= 4 is 17.5 Å². The van der Waals surface area contributed by atoms with Gasteiger partial charge in [0.05, 0.1) is 6.54 Å². The van der Waals surface area contributed by atoms with Gasteiger partial charge < -0.3 is 10.6 Å². The average Bonchev–Trinajstić information content (AvgIpc) is 2.67. The zero-order chi connectivity index (χ0) is 19.2. The van der Waals surface area contributed by atoms with Crippen LogP contribution in [0.5, 0.6) is 0 Å². The molecular formula is C22H33N3O2. The van der Waals surface area contributed by atoms with E-state index >= 15 is 0 Å². The molecular weight excluding hydrogens is 338 g/mol. The summed E-state index contributed by atoms with van der Waals surface area (Å²) in [6, 6.07) is 6.24. The second kappa shape index (κ2) is 9.36. The third kappa shape index (κ3) is 5.55. The number of hydrogen-bond donors (Lipinski definition) is 2. The number of carbonyl (C=O) groups is 2. The van der Waals surface area contributed by atoms with Gasteiger partial charge in [0, 0.05) is 30.7 Å². The Kier molecular flexibility index (Phi) is 6.89. The smallest absolute Gasteiger partial charge is 0.238 e. The molecule has 0 atom stereocenters. The maximum atomic E-state index is 12.4. The van der Waals surface area contributed by atoms with Crippen molar-refractivity contribution < 1.29 is 9.59 Å². The molecule has 1 saturated heterocycles. The number of carbonyl (C=O) groups excluding carboxylic acids is 2. The van der Waals surface area contributed by atoms with Crippen molar-refractivity contribution in [3.63, 3.8) is 0 Å². The van der Waals surface area contributed by atoms with E-state index in [2.05, 4.69) is 28.5 Å². The van der Waals surface area contributed by atoms with Crippen molar-refractivity contribution in [2.75, 3.05) is 25.0 Å². The molecule has 1 saturated carbocycles. The minimum atomic E-state index is 0.0355. The second-order valence-corrected chi connectivity index (χ2v) is 8.19. The number of anilines is 1. The number of piperidine rings is 1. The molecule has 2 aliphatic rings. The molecule has 2 N–H and O–H groups in total. The SMILES string of the molecule is Cc1cccc(NC(=O)CN2CCC(NC(=O)C3CCCCC3)CC2)c1C. The van der Waals surface area contributed by atoms with Gasteiger partial charge in [-0.1, -0.05) is 31.4 Å². The maximum Gasteiger partial charge on any atom is 0.238 e. The first-order valence-corrected chi connectivity index (χ1v) is 10.4. The lowest BCUT2D eigenvalue weighted by Crippen LogP contribution is -2.48. The Hall–Kier alpha value is -1.88. The fraction of sp³-hybridized carbons (Fsp3) is 0.636. The van der Waals surface area contributed by atoms with Gasteiger partial charge in [-0.05, 0) is 56.7 Å². The predicted molar refractivity (Wildman–Crippen MR) is 109 cm³/mol. The summed E-state index contributed by atoms with van der Waals surface area (Å²) >= 11 is 0.